The van der Waals surface area contributed by atoms with Gasteiger partial charge in [-0.15, -0.1) is 0 Å². The highest BCUT2D eigenvalue weighted by atomic mass is 31.2. The molecule has 0 heterocycles. The summed E-state index contributed by atoms with van der Waals surface area (Å²) in [5.74, 6) is -0.296. The van der Waals surface area contributed by atoms with Crippen molar-refractivity contribution in [1.29, 1.82) is 0 Å². The molecule has 0 saturated heterocycles. The molecular weight excluding hydrogens is 429 g/mol. The van der Waals surface area contributed by atoms with E-state index in [1.54, 1.807) is 0 Å². The van der Waals surface area contributed by atoms with E-state index in [-0.39, 0.29) is 19.2 Å². The summed E-state index contributed by atoms with van der Waals surface area (Å²) in [5.41, 5.74) is 0. The van der Waals surface area contributed by atoms with Crippen molar-refractivity contribution < 1.29 is 32.5 Å². The van der Waals surface area contributed by atoms with E-state index in [9.17, 15) is 14.3 Å². The fraction of sp³-hybridized carbons (Fsp3) is 0.875. The minimum Gasteiger partial charge on any atom is -0.435 e. The van der Waals surface area contributed by atoms with Crippen LogP contribution in [0, 0.1) is 0 Å². The number of phosphoric ester groups is 1. The normalized spacial score (nSPS) is 14.0. The number of quaternary nitrogens is 1. The van der Waals surface area contributed by atoms with E-state index in [2.05, 4.69) is 6.92 Å². The Morgan fingerprint density at radius 3 is 1.84 bits per heavy atom. The Hall–Kier alpha value is -0.720. The smallest absolute Gasteiger partial charge is 0.435 e. The molecule has 0 aromatic rings. The maximum absolute atomic E-state index is 11.7. The van der Waals surface area contributed by atoms with Crippen LogP contribution in [0.1, 0.15) is 96.8 Å². The quantitative estimate of drug-likeness (QED) is 0.0640. The highest BCUT2D eigenvalue weighted by Crippen LogP contribution is 2.42. The molecule has 32 heavy (non-hydrogen) atoms. The topological polar surface area (TPSA) is 82.1 Å². The van der Waals surface area contributed by atoms with Crippen LogP contribution in [0.15, 0.2) is 12.3 Å². The first-order chi connectivity index (χ1) is 15.2. The zero-order chi connectivity index (χ0) is 24.1. The van der Waals surface area contributed by atoms with Gasteiger partial charge >= 0.3 is 13.8 Å². The number of ether oxygens (including phenoxy) is 1. The van der Waals surface area contributed by atoms with E-state index in [4.69, 9.17) is 13.8 Å². The Labute approximate surface area is 196 Å². The largest absolute Gasteiger partial charge is 0.472 e. The van der Waals surface area contributed by atoms with Gasteiger partial charge in [0.1, 0.15) is 13.2 Å². The molecule has 0 spiro atoms. The molecule has 8 heteroatoms. The first-order valence-electron chi connectivity index (χ1n) is 12.4. The van der Waals surface area contributed by atoms with Gasteiger partial charge in [0.25, 0.3) is 0 Å². The second-order valence-electron chi connectivity index (χ2n) is 9.47. The lowest BCUT2D eigenvalue weighted by Crippen LogP contribution is -2.37. The average Bonchev–Trinajstić information content (AvgIpc) is 2.70. The average molecular weight is 479 g/mol. The number of carbonyl (C=O) groups excluding carboxylic acids is 1. The molecule has 0 aliphatic rings. The van der Waals surface area contributed by atoms with Crippen molar-refractivity contribution in [3.05, 3.63) is 12.3 Å². The fourth-order valence-corrected chi connectivity index (χ4v) is 3.78. The first-order valence-corrected chi connectivity index (χ1v) is 13.9. The van der Waals surface area contributed by atoms with Crippen LogP contribution in [0.5, 0.6) is 0 Å². The van der Waals surface area contributed by atoms with Gasteiger partial charge in [0.15, 0.2) is 0 Å². The molecule has 0 aromatic heterocycles. The van der Waals surface area contributed by atoms with E-state index < -0.39 is 7.82 Å². The molecule has 1 unspecified atom stereocenters. The predicted molar refractivity (Wildman–Crippen MR) is 130 cm³/mol. The number of hydrogen-bond acceptors (Lipinski definition) is 5. The summed E-state index contributed by atoms with van der Waals surface area (Å²) in [6, 6.07) is 0. The molecule has 0 bridgehead atoms. The molecule has 0 aromatic carbocycles. The lowest BCUT2D eigenvalue weighted by molar-refractivity contribution is -0.870. The van der Waals surface area contributed by atoms with Gasteiger partial charge in [-0.05, 0) is 12.5 Å². The van der Waals surface area contributed by atoms with E-state index in [1.807, 2.05) is 21.1 Å². The number of nitrogens with zero attached hydrogens (tertiary/aromatic N) is 1. The summed E-state index contributed by atoms with van der Waals surface area (Å²) in [4.78, 5) is 21.3. The summed E-state index contributed by atoms with van der Waals surface area (Å²) in [5, 5.41) is 0. The van der Waals surface area contributed by atoms with Crippen molar-refractivity contribution in [3.8, 4) is 0 Å². The minimum absolute atomic E-state index is 0.120. The van der Waals surface area contributed by atoms with Crippen LogP contribution < -0.4 is 0 Å². The van der Waals surface area contributed by atoms with Crippen molar-refractivity contribution >= 4 is 13.8 Å². The summed E-state index contributed by atoms with van der Waals surface area (Å²) in [6.45, 7) is 2.79. The fourth-order valence-electron chi connectivity index (χ4n) is 3.11. The Morgan fingerprint density at radius 1 is 0.844 bits per heavy atom. The second kappa shape index (κ2) is 19.7. The second-order valence-corrected chi connectivity index (χ2v) is 10.9. The third kappa shape index (κ3) is 23.9. The molecule has 0 aliphatic carbocycles. The number of unbranched alkanes of at least 4 members (excludes halogenated alkanes) is 12. The molecular formula is C24H49NO6P+. The highest BCUT2D eigenvalue weighted by molar-refractivity contribution is 7.47. The van der Waals surface area contributed by atoms with E-state index in [1.165, 1.54) is 76.5 Å². The molecule has 1 atom stereocenters. The van der Waals surface area contributed by atoms with Crippen molar-refractivity contribution in [2.45, 2.75) is 96.8 Å². The van der Waals surface area contributed by atoms with E-state index >= 15 is 0 Å². The van der Waals surface area contributed by atoms with E-state index in [0.717, 1.165) is 19.3 Å². The number of hydrogen-bond donors (Lipinski definition) is 1. The first kappa shape index (κ1) is 31.3. The summed E-state index contributed by atoms with van der Waals surface area (Å²) >= 11 is 0. The number of esters is 1. The van der Waals surface area contributed by atoms with Crippen LogP contribution in [0.2, 0.25) is 0 Å². The highest BCUT2D eigenvalue weighted by Gasteiger charge is 2.21. The number of carbonyl (C=O) groups is 1. The summed E-state index contributed by atoms with van der Waals surface area (Å²) in [6.07, 6.45) is 19.4. The van der Waals surface area contributed by atoms with Gasteiger partial charge in [0, 0.05) is 6.42 Å². The van der Waals surface area contributed by atoms with Crippen LogP contribution in [-0.2, 0) is 23.1 Å². The van der Waals surface area contributed by atoms with Crippen molar-refractivity contribution in [3.63, 3.8) is 0 Å². The Kier molecular flexibility index (Phi) is 19.3. The third-order valence-corrected chi connectivity index (χ3v) is 6.11. The predicted octanol–water partition coefficient (Wildman–Crippen LogP) is 6.36. The molecule has 0 aliphatic heterocycles. The van der Waals surface area contributed by atoms with Crippen molar-refractivity contribution in [2.75, 3.05) is 40.9 Å². The van der Waals surface area contributed by atoms with Crippen LogP contribution >= 0.6 is 7.82 Å². The number of rotatable bonds is 22. The lowest BCUT2D eigenvalue weighted by atomic mass is 10.0. The minimum atomic E-state index is -4.09. The monoisotopic (exact) mass is 478 g/mol. The van der Waals surface area contributed by atoms with Crippen LogP contribution in [0.25, 0.3) is 0 Å². The molecule has 0 radical (unpaired) electrons. The zero-order valence-electron chi connectivity index (χ0n) is 21.1. The maximum atomic E-state index is 11.7. The van der Waals surface area contributed by atoms with Gasteiger partial charge in [-0.3, -0.25) is 13.8 Å². The SMILES string of the molecule is CCCCCCCCCCCCCCCC(=O)O/C=C/COP(=O)(O)OCC[N+](C)(C)C. The van der Waals surface area contributed by atoms with Crippen LogP contribution in [0.3, 0.4) is 0 Å². The molecule has 0 amide bonds. The van der Waals surface area contributed by atoms with Gasteiger partial charge in [-0.2, -0.15) is 0 Å². The van der Waals surface area contributed by atoms with Gasteiger partial charge in [0.05, 0.1) is 34.0 Å². The lowest BCUT2D eigenvalue weighted by Gasteiger charge is -2.23. The third-order valence-electron chi connectivity index (χ3n) is 5.13. The van der Waals surface area contributed by atoms with Gasteiger partial charge in [-0.25, -0.2) is 4.57 Å². The summed E-state index contributed by atoms with van der Waals surface area (Å²) < 4.78 is 27.0. The summed E-state index contributed by atoms with van der Waals surface area (Å²) in [7, 11) is 1.79. The van der Waals surface area contributed by atoms with E-state index in [0.29, 0.717) is 17.4 Å². The van der Waals surface area contributed by atoms with Crippen LogP contribution in [0.4, 0.5) is 0 Å². The maximum Gasteiger partial charge on any atom is 0.472 e. The van der Waals surface area contributed by atoms with Gasteiger partial charge in [-0.1, -0.05) is 84.0 Å². The molecule has 1 N–H and O–H groups in total. The zero-order valence-corrected chi connectivity index (χ0v) is 22.0. The Bertz CT molecular complexity index is 533. The molecule has 0 rings (SSSR count). The molecule has 190 valence electrons. The van der Waals surface area contributed by atoms with Gasteiger partial charge in [0.2, 0.25) is 0 Å². The standard InChI is InChI=1S/C24H48NO6P/c1-5-6-7-8-9-10-11-12-13-14-15-16-17-19-24(26)29-21-18-22-30-32(27,28)31-23-20-25(2,3)4/h18,21H,5-17,19-20,22-23H2,1-4H3/p+1/b21-18+. The van der Waals surface area contributed by atoms with Crippen molar-refractivity contribution in [2.24, 2.45) is 0 Å². The van der Waals surface area contributed by atoms with Crippen molar-refractivity contribution in [1.82, 2.24) is 0 Å². The Balaban J connectivity index is 3.52. The molecule has 0 saturated carbocycles. The number of phosphoric acid groups is 1. The number of likely N-dealkylation sites (N-methyl/N-ethyl adjacent to an activating group) is 1. The van der Waals surface area contributed by atoms with Gasteiger partial charge < -0.3 is 14.1 Å². The molecule has 7 nitrogen and oxygen atoms in total. The molecule has 0 fully saturated rings. The Morgan fingerprint density at radius 2 is 1.34 bits per heavy atom. The van der Waals surface area contributed by atoms with Crippen LogP contribution in [-0.4, -0.2) is 56.2 Å².